The minimum absolute atomic E-state index is 0.416. The van der Waals surface area contributed by atoms with Crippen LogP contribution in [0.25, 0.3) is 11.0 Å². The molecular weight excluding hydrogens is 228 g/mol. The molecule has 3 aromatic rings. The van der Waals surface area contributed by atoms with E-state index in [1.54, 1.807) is 0 Å². The van der Waals surface area contributed by atoms with Crippen molar-refractivity contribution in [1.82, 2.24) is 15.0 Å². The maximum atomic E-state index is 5.57. The summed E-state index contributed by atoms with van der Waals surface area (Å²) in [4.78, 5) is 0. The van der Waals surface area contributed by atoms with Crippen LogP contribution in [0.2, 0.25) is 0 Å². The van der Waals surface area contributed by atoms with Gasteiger partial charge in [0.25, 0.3) is 0 Å². The Bertz CT molecular complexity index is 683. The molecule has 5 heteroatoms. The van der Waals surface area contributed by atoms with Gasteiger partial charge in [-0.15, -0.1) is 5.10 Å². The van der Waals surface area contributed by atoms with Crippen molar-refractivity contribution in [2.75, 3.05) is 0 Å². The summed E-state index contributed by atoms with van der Waals surface area (Å²) in [5.74, 6) is 1.68. The Labute approximate surface area is 104 Å². The highest BCUT2D eigenvalue weighted by atomic mass is 16.3. The Kier molecular flexibility index (Phi) is 2.60. The van der Waals surface area contributed by atoms with E-state index in [9.17, 15) is 0 Å². The molecule has 0 aliphatic heterocycles. The predicted octanol–water partition coefficient (Wildman–Crippen LogP) is 1.84. The van der Waals surface area contributed by atoms with Crippen LogP contribution in [0, 0.1) is 6.92 Å². The molecule has 0 aliphatic rings. The zero-order chi connectivity index (χ0) is 12.5. The first-order chi connectivity index (χ1) is 8.78. The second kappa shape index (κ2) is 4.27. The maximum absolute atomic E-state index is 5.57. The van der Waals surface area contributed by atoms with Crippen molar-refractivity contribution in [1.29, 1.82) is 0 Å². The van der Waals surface area contributed by atoms with E-state index in [1.165, 1.54) is 0 Å². The minimum atomic E-state index is 0.416. The number of benzene rings is 1. The number of para-hydroxylation sites is 1. The molecule has 0 bridgehead atoms. The lowest BCUT2D eigenvalue weighted by Crippen LogP contribution is -2.02. The summed E-state index contributed by atoms with van der Waals surface area (Å²) in [7, 11) is 0. The van der Waals surface area contributed by atoms with Gasteiger partial charge < -0.3 is 10.2 Å². The molecule has 0 fully saturated rings. The maximum Gasteiger partial charge on any atom is 0.118 e. The van der Waals surface area contributed by atoms with Gasteiger partial charge in [0.1, 0.15) is 17.0 Å². The number of aromatic nitrogens is 3. The third-order valence-corrected chi connectivity index (χ3v) is 3.01. The molecule has 0 atom stereocenters. The molecule has 0 unspecified atom stereocenters. The summed E-state index contributed by atoms with van der Waals surface area (Å²) in [6.45, 7) is 3.00. The third kappa shape index (κ3) is 1.78. The number of furan rings is 1. The van der Waals surface area contributed by atoms with Crippen LogP contribution < -0.4 is 5.73 Å². The molecule has 3 rings (SSSR count). The molecule has 2 aromatic heterocycles. The summed E-state index contributed by atoms with van der Waals surface area (Å²) in [6.07, 6.45) is 0. The Hall–Kier alpha value is -2.14. The van der Waals surface area contributed by atoms with Gasteiger partial charge in [-0.25, -0.2) is 4.68 Å². The van der Waals surface area contributed by atoms with Crippen LogP contribution in [0.1, 0.15) is 17.1 Å². The second-order valence-electron chi connectivity index (χ2n) is 4.23. The van der Waals surface area contributed by atoms with E-state index in [0.29, 0.717) is 13.1 Å². The number of hydrogen-bond donors (Lipinski definition) is 1. The number of fused-ring (bicyclic) bond motifs is 1. The standard InChI is InChI=1S/C13H14N4O/c1-9-10(6-11(7-14)18-9)8-17-13-5-3-2-4-12(13)15-16-17/h2-6H,7-8,14H2,1H3. The lowest BCUT2D eigenvalue weighted by atomic mass is 10.2. The predicted molar refractivity (Wildman–Crippen MR) is 68.0 cm³/mol. The van der Waals surface area contributed by atoms with E-state index in [0.717, 1.165) is 28.1 Å². The molecule has 0 spiro atoms. The molecule has 2 N–H and O–H groups in total. The van der Waals surface area contributed by atoms with Gasteiger partial charge in [-0.05, 0) is 25.1 Å². The largest absolute Gasteiger partial charge is 0.465 e. The second-order valence-corrected chi connectivity index (χ2v) is 4.23. The summed E-state index contributed by atoms with van der Waals surface area (Å²) in [6, 6.07) is 9.87. The van der Waals surface area contributed by atoms with Crippen molar-refractivity contribution in [3.8, 4) is 0 Å². The Morgan fingerprint density at radius 1 is 1.33 bits per heavy atom. The summed E-state index contributed by atoms with van der Waals surface area (Å²) >= 11 is 0. The van der Waals surface area contributed by atoms with Crippen molar-refractivity contribution in [3.63, 3.8) is 0 Å². The van der Waals surface area contributed by atoms with Gasteiger partial charge >= 0.3 is 0 Å². The van der Waals surface area contributed by atoms with Gasteiger partial charge in [0.2, 0.25) is 0 Å². The van der Waals surface area contributed by atoms with Crippen LogP contribution in [0.15, 0.2) is 34.7 Å². The average Bonchev–Trinajstić information content (AvgIpc) is 2.95. The average molecular weight is 242 g/mol. The molecule has 1 aromatic carbocycles. The Balaban J connectivity index is 1.98. The first kappa shape index (κ1) is 11.0. The molecule has 5 nitrogen and oxygen atoms in total. The number of nitrogens with zero attached hydrogens (tertiary/aromatic N) is 3. The van der Waals surface area contributed by atoms with Crippen molar-refractivity contribution < 1.29 is 4.42 Å². The normalized spacial score (nSPS) is 11.2. The lowest BCUT2D eigenvalue weighted by molar-refractivity contribution is 0.481. The Morgan fingerprint density at radius 2 is 2.17 bits per heavy atom. The quantitative estimate of drug-likeness (QED) is 0.760. The Morgan fingerprint density at radius 3 is 2.94 bits per heavy atom. The van der Waals surface area contributed by atoms with Crippen LogP contribution in [0.3, 0.4) is 0 Å². The molecular formula is C13H14N4O. The number of rotatable bonds is 3. The van der Waals surface area contributed by atoms with Gasteiger partial charge in [0.15, 0.2) is 0 Å². The van der Waals surface area contributed by atoms with Crippen molar-refractivity contribution >= 4 is 11.0 Å². The zero-order valence-electron chi connectivity index (χ0n) is 10.1. The number of aryl methyl sites for hydroxylation is 1. The van der Waals surface area contributed by atoms with E-state index in [2.05, 4.69) is 10.3 Å². The molecule has 18 heavy (non-hydrogen) atoms. The highest BCUT2D eigenvalue weighted by Crippen LogP contribution is 2.17. The van der Waals surface area contributed by atoms with E-state index >= 15 is 0 Å². The van der Waals surface area contributed by atoms with E-state index in [1.807, 2.05) is 41.9 Å². The first-order valence-corrected chi connectivity index (χ1v) is 5.84. The minimum Gasteiger partial charge on any atom is -0.465 e. The summed E-state index contributed by atoms with van der Waals surface area (Å²) in [5.41, 5.74) is 8.58. The van der Waals surface area contributed by atoms with Gasteiger partial charge in [0, 0.05) is 5.56 Å². The highest BCUT2D eigenvalue weighted by molar-refractivity contribution is 5.73. The molecule has 0 radical (unpaired) electrons. The first-order valence-electron chi connectivity index (χ1n) is 5.84. The molecule has 0 saturated carbocycles. The van der Waals surface area contributed by atoms with Gasteiger partial charge in [-0.1, -0.05) is 17.3 Å². The van der Waals surface area contributed by atoms with E-state index in [4.69, 9.17) is 10.2 Å². The molecule has 92 valence electrons. The molecule has 0 aliphatic carbocycles. The molecule has 2 heterocycles. The fraction of sp³-hybridized carbons (Fsp3) is 0.231. The van der Waals surface area contributed by atoms with E-state index < -0.39 is 0 Å². The number of hydrogen-bond acceptors (Lipinski definition) is 4. The summed E-state index contributed by atoms with van der Waals surface area (Å²) in [5, 5.41) is 8.29. The van der Waals surface area contributed by atoms with Crippen LogP contribution >= 0.6 is 0 Å². The summed E-state index contributed by atoms with van der Waals surface area (Å²) < 4.78 is 7.41. The third-order valence-electron chi connectivity index (χ3n) is 3.01. The van der Waals surface area contributed by atoms with Crippen molar-refractivity contribution in [2.24, 2.45) is 5.73 Å². The van der Waals surface area contributed by atoms with Gasteiger partial charge in [0.05, 0.1) is 18.6 Å². The van der Waals surface area contributed by atoms with Crippen molar-refractivity contribution in [3.05, 3.63) is 47.4 Å². The fourth-order valence-corrected chi connectivity index (χ4v) is 2.04. The lowest BCUT2D eigenvalue weighted by Gasteiger charge is -2.00. The molecule has 0 amide bonds. The fourth-order valence-electron chi connectivity index (χ4n) is 2.04. The SMILES string of the molecule is Cc1oc(CN)cc1Cn1nnc2ccccc21. The monoisotopic (exact) mass is 242 g/mol. The van der Waals surface area contributed by atoms with Crippen molar-refractivity contribution in [2.45, 2.75) is 20.0 Å². The smallest absolute Gasteiger partial charge is 0.118 e. The van der Waals surface area contributed by atoms with Gasteiger partial charge in [-0.3, -0.25) is 0 Å². The topological polar surface area (TPSA) is 69.9 Å². The van der Waals surface area contributed by atoms with E-state index in [-0.39, 0.29) is 0 Å². The van der Waals surface area contributed by atoms with Crippen LogP contribution in [-0.4, -0.2) is 15.0 Å². The van der Waals surface area contributed by atoms with Crippen LogP contribution in [-0.2, 0) is 13.1 Å². The number of nitrogens with two attached hydrogens (primary N) is 1. The van der Waals surface area contributed by atoms with Gasteiger partial charge in [-0.2, -0.15) is 0 Å². The highest BCUT2D eigenvalue weighted by Gasteiger charge is 2.10. The zero-order valence-corrected chi connectivity index (χ0v) is 10.1. The molecule has 0 saturated heterocycles. The van der Waals surface area contributed by atoms with Crippen LogP contribution in [0.5, 0.6) is 0 Å². The van der Waals surface area contributed by atoms with Crippen LogP contribution in [0.4, 0.5) is 0 Å².